The Kier molecular flexibility index (Phi) is 5.02. The second-order valence-electron chi connectivity index (χ2n) is 5.15. The van der Waals surface area contributed by atoms with Crippen molar-refractivity contribution in [2.24, 2.45) is 0 Å². The number of hydrogen-bond acceptors (Lipinski definition) is 7. The van der Waals surface area contributed by atoms with Crippen molar-refractivity contribution in [3.05, 3.63) is 23.1 Å². The molecule has 3 heterocycles. The van der Waals surface area contributed by atoms with Gasteiger partial charge < -0.3 is 20.4 Å². The fourth-order valence-corrected chi connectivity index (χ4v) is 2.61. The molecule has 0 atom stereocenters. The molecule has 0 radical (unpaired) electrons. The van der Waals surface area contributed by atoms with Gasteiger partial charge in [0.05, 0.1) is 36.0 Å². The van der Waals surface area contributed by atoms with Crippen LogP contribution >= 0.6 is 11.6 Å². The molecule has 130 valence electrons. The van der Waals surface area contributed by atoms with Gasteiger partial charge in [0.15, 0.2) is 5.15 Å². The summed E-state index contributed by atoms with van der Waals surface area (Å²) in [7, 11) is 1.62. The lowest BCUT2D eigenvalue weighted by molar-refractivity contribution is 0.183. The van der Waals surface area contributed by atoms with Crippen LogP contribution in [0.1, 0.15) is 12.5 Å². The van der Waals surface area contributed by atoms with E-state index in [-0.39, 0.29) is 0 Å². The summed E-state index contributed by atoms with van der Waals surface area (Å²) in [5, 5.41) is 20.8. The molecule has 0 aliphatic heterocycles. The molecular weight excluding hydrogens is 344 g/mol. The lowest BCUT2D eigenvalue weighted by Gasteiger charge is -2.09. The Morgan fingerprint density at radius 1 is 1.44 bits per heavy atom. The van der Waals surface area contributed by atoms with Crippen LogP contribution in [0.3, 0.4) is 0 Å². The van der Waals surface area contributed by atoms with Crippen LogP contribution in [0.2, 0.25) is 5.15 Å². The first-order valence-electron chi connectivity index (χ1n) is 7.68. The van der Waals surface area contributed by atoms with Crippen LogP contribution in [0.5, 0.6) is 0 Å². The van der Waals surface area contributed by atoms with Gasteiger partial charge in [-0.05, 0) is 6.92 Å². The van der Waals surface area contributed by atoms with Gasteiger partial charge in [-0.25, -0.2) is 4.68 Å². The highest BCUT2D eigenvalue weighted by atomic mass is 35.5. The molecule has 10 heteroatoms. The second-order valence-corrected chi connectivity index (χ2v) is 5.51. The number of aromatic nitrogens is 5. The molecule has 0 saturated carbocycles. The Bertz CT molecular complexity index is 926. The highest BCUT2D eigenvalue weighted by Crippen LogP contribution is 2.28. The molecule has 3 aromatic rings. The van der Waals surface area contributed by atoms with Crippen LogP contribution < -0.4 is 10.6 Å². The summed E-state index contributed by atoms with van der Waals surface area (Å²) in [6, 6.07) is 2.13. The molecule has 3 N–H and O–H groups in total. The Morgan fingerprint density at radius 3 is 3.00 bits per heavy atom. The first-order chi connectivity index (χ1) is 12.2. The number of methoxy groups -OCH3 is 1. The monoisotopic (exact) mass is 360 g/mol. The van der Waals surface area contributed by atoms with Crippen LogP contribution in [-0.4, -0.2) is 45.0 Å². The number of anilines is 3. The summed E-state index contributed by atoms with van der Waals surface area (Å²) < 4.78 is 6.65. The SMILES string of the molecule is CCNc1nc(Nc2cnn(CCOC)c2Cl)nc2[nH]cc(C#N)c12. The summed E-state index contributed by atoms with van der Waals surface area (Å²) in [6.45, 7) is 3.67. The number of ether oxygens (including phenoxy) is 1. The Balaban J connectivity index is 1.94. The predicted molar refractivity (Wildman–Crippen MR) is 95.2 cm³/mol. The molecule has 0 aliphatic rings. The van der Waals surface area contributed by atoms with Crippen molar-refractivity contribution >= 4 is 40.1 Å². The van der Waals surface area contributed by atoms with Gasteiger partial charge in [0.25, 0.3) is 0 Å². The predicted octanol–water partition coefficient (Wildman–Crippen LogP) is 2.50. The summed E-state index contributed by atoms with van der Waals surface area (Å²) >= 11 is 6.32. The number of nitrogens with zero attached hydrogens (tertiary/aromatic N) is 5. The Hall–Kier alpha value is -2.83. The van der Waals surface area contributed by atoms with Gasteiger partial charge in [0.2, 0.25) is 5.95 Å². The highest BCUT2D eigenvalue weighted by molar-refractivity contribution is 6.32. The first-order valence-corrected chi connectivity index (χ1v) is 8.06. The summed E-state index contributed by atoms with van der Waals surface area (Å²) in [6.07, 6.45) is 3.22. The van der Waals surface area contributed by atoms with Gasteiger partial charge in [-0.15, -0.1) is 0 Å². The van der Waals surface area contributed by atoms with Crippen molar-refractivity contribution in [1.29, 1.82) is 5.26 Å². The largest absolute Gasteiger partial charge is 0.383 e. The average Bonchev–Trinajstić information content (AvgIpc) is 3.18. The molecular formula is C15H17ClN8O. The molecule has 0 saturated heterocycles. The highest BCUT2D eigenvalue weighted by Gasteiger charge is 2.15. The third kappa shape index (κ3) is 3.35. The maximum Gasteiger partial charge on any atom is 0.231 e. The molecule has 0 fully saturated rings. The van der Waals surface area contributed by atoms with E-state index in [1.807, 2.05) is 6.92 Å². The Morgan fingerprint density at radius 2 is 2.28 bits per heavy atom. The molecule has 0 amide bonds. The van der Waals surface area contributed by atoms with Crippen molar-refractivity contribution in [2.75, 3.05) is 30.9 Å². The maximum absolute atomic E-state index is 9.22. The van der Waals surface area contributed by atoms with Gasteiger partial charge in [0, 0.05) is 19.9 Å². The van der Waals surface area contributed by atoms with E-state index in [9.17, 15) is 5.26 Å². The minimum atomic E-state index is 0.350. The van der Waals surface area contributed by atoms with E-state index >= 15 is 0 Å². The van der Waals surface area contributed by atoms with Gasteiger partial charge in [0.1, 0.15) is 17.5 Å². The number of rotatable bonds is 7. The van der Waals surface area contributed by atoms with Crippen molar-refractivity contribution in [3.8, 4) is 6.07 Å². The molecule has 9 nitrogen and oxygen atoms in total. The van der Waals surface area contributed by atoms with Gasteiger partial charge in [-0.2, -0.15) is 20.3 Å². The summed E-state index contributed by atoms with van der Waals surface area (Å²) in [4.78, 5) is 11.8. The molecule has 0 aromatic carbocycles. The van der Waals surface area contributed by atoms with E-state index < -0.39 is 0 Å². The normalized spacial score (nSPS) is 10.8. The first kappa shape index (κ1) is 17.0. The number of aromatic amines is 1. The van der Waals surface area contributed by atoms with Crippen molar-refractivity contribution in [1.82, 2.24) is 24.7 Å². The van der Waals surface area contributed by atoms with Crippen LogP contribution in [-0.2, 0) is 11.3 Å². The topological polar surface area (TPSA) is 116 Å². The van der Waals surface area contributed by atoms with Crippen LogP contribution in [0, 0.1) is 11.3 Å². The summed E-state index contributed by atoms with van der Waals surface area (Å²) in [5.41, 5.74) is 1.64. The van der Waals surface area contributed by atoms with Crippen molar-refractivity contribution in [3.63, 3.8) is 0 Å². The standard InChI is InChI=1S/C15H17ClN8O/c1-3-18-13-11-9(6-17)7-19-14(11)23-15(22-13)21-10-8-20-24(12(10)16)4-5-25-2/h7-8H,3-5H2,1-2H3,(H3,18,19,21,22,23). The second kappa shape index (κ2) is 7.38. The third-order valence-corrected chi connectivity index (χ3v) is 3.92. The smallest absolute Gasteiger partial charge is 0.231 e. The van der Waals surface area contributed by atoms with E-state index in [0.29, 0.717) is 58.9 Å². The number of nitrogens with one attached hydrogen (secondary N) is 3. The minimum Gasteiger partial charge on any atom is -0.383 e. The molecule has 25 heavy (non-hydrogen) atoms. The molecule has 3 rings (SSSR count). The van der Waals surface area contributed by atoms with Gasteiger partial charge in [-0.3, -0.25) is 0 Å². The van der Waals surface area contributed by atoms with Crippen molar-refractivity contribution in [2.45, 2.75) is 13.5 Å². The number of fused-ring (bicyclic) bond motifs is 1. The summed E-state index contributed by atoms with van der Waals surface area (Å²) in [5.74, 6) is 0.929. The van der Waals surface area contributed by atoms with Gasteiger partial charge in [-0.1, -0.05) is 11.6 Å². The molecule has 0 unspecified atom stereocenters. The molecule has 0 spiro atoms. The van der Waals surface area contributed by atoms with E-state index in [1.54, 1.807) is 24.2 Å². The molecule has 0 aliphatic carbocycles. The fraction of sp³-hybridized carbons (Fsp3) is 0.333. The minimum absolute atomic E-state index is 0.350. The lowest BCUT2D eigenvalue weighted by atomic mass is 10.2. The van der Waals surface area contributed by atoms with Crippen LogP contribution in [0.25, 0.3) is 11.0 Å². The fourth-order valence-electron chi connectivity index (χ4n) is 2.38. The van der Waals surface area contributed by atoms with Gasteiger partial charge >= 0.3 is 0 Å². The Labute approximate surface area is 149 Å². The van der Waals surface area contributed by atoms with E-state index in [2.05, 4.69) is 36.8 Å². The zero-order valence-corrected chi connectivity index (χ0v) is 14.6. The maximum atomic E-state index is 9.22. The van der Waals surface area contributed by atoms with Crippen LogP contribution in [0.4, 0.5) is 17.5 Å². The van der Waals surface area contributed by atoms with Crippen LogP contribution in [0.15, 0.2) is 12.4 Å². The number of halogens is 1. The van der Waals surface area contributed by atoms with E-state index in [1.165, 1.54) is 0 Å². The lowest BCUT2D eigenvalue weighted by Crippen LogP contribution is -2.06. The average molecular weight is 361 g/mol. The van der Waals surface area contributed by atoms with E-state index in [0.717, 1.165) is 0 Å². The molecule has 3 aromatic heterocycles. The van der Waals surface area contributed by atoms with E-state index in [4.69, 9.17) is 16.3 Å². The number of nitriles is 1. The zero-order chi connectivity index (χ0) is 17.8. The number of hydrogen-bond donors (Lipinski definition) is 3. The molecule has 0 bridgehead atoms. The zero-order valence-electron chi connectivity index (χ0n) is 13.8. The third-order valence-electron chi connectivity index (χ3n) is 3.53. The number of H-pyrrole nitrogens is 1. The quantitative estimate of drug-likeness (QED) is 0.592. The van der Waals surface area contributed by atoms with Crippen molar-refractivity contribution < 1.29 is 4.74 Å².